The number of rotatable bonds is 12. The minimum atomic E-state index is -4.19. The molecular formula is C30H35Cl2N3O5S. The molecule has 0 aliphatic rings. The molecule has 11 heteroatoms. The number of hydrogen-bond acceptors (Lipinski definition) is 5. The van der Waals surface area contributed by atoms with E-state index in [1.807, 2.05) is 20.8 Å². The highest BCUT2D eigenvalue weighted by atomic mass is 35.5. The third-order valence-corrected chi connectivity index (χ3v) is 8.80. The van der Waals surface area contributed by atoms with Gasteiger partial charge in [0.15, 0.2) is 0 Å². The van der Waals surface area contributed by atoms with Crippen LogP contribution < -0.4 is 14.4 Å². The van der Waals surface area contributed by atoms with Crippen LogP contribution in [0.2, 0.25) is 10.0 Å². The van der Waals surface area contributed by atoms with Crippen LogP contribution in [-0.2, 0) is 26.2 Å². The summed E-state index contributed by atoms with van der Waals surface area (Å²) >= 11 is 12.5. The largest absolute Gasteiger partial charge is 0.497 e. The highest BCUT2D eigenvalue weighted by Gasteiger charge is 2.34. The minimum absolute atomic E-state index is 0.0106. The molecular weight excluding hydrogens is 585 g/mol. The van der Waals surface area contributed by atoms with Crippen LogP contribution in [-0.4, -0.2) is 50.9 Å². The highest BCUT2D eigenvalue weighted by molar-refractivity contribution is 7.92. The molecule has 3 aromatic carbocycles. The zero-order valence-corrected chi connectivity index (χ0v) is 26.1. The van der Waals surface area contributed by atoms with Gasteiger partial charge in [0.25, 0.3) is 10.0 Å². The molecule has 220 valence electrons. The van der Waals surface area contributed by atoms with Gasteiger partial charge in [-0.2, -0.15) is 0 Å². The molecule has 3 aromatic rings. The van der Waals surface area contributed by atoms with Crippen LogP contribution in [0.3, 0.4) is 0 Å². The minimum Gasteiger partial charge on any atom is -0.497 e. The molecule has 0 aliphatic heterocycles. The first-order valence-corrected chi connectivity index (χ1v) is 15.3. The summed E-state index contributed by atoms with van der Waals surface area (Å²) in [6, 6.07) is 16.6. The summed E-state index contributed by atoms with van der Waals surface area (Å²) in [6.07, 6.45) is 0.297. The van der Waals surface area contributed by atoms with E-state index < -0.39 is 28.5 Å². The van der Waals surface area contributed by atoms with E-state index in [0.29, 0.717) is 33.5 Å². The summed E-state index contributed by atoms with van der Waals surface area (Å²) < 4.78 is 34.1. The summed E-state index contributed by atoms with van der Waals surface area (Å²) in [5, 5.41) is 3.62. The Morgan fingerprint density at radius 1 is 0.976 bits per heavy atom. The third kappa shape index (κ3) is 8.15. The fourth-order valence-electron chi connectivity index (χ4n) is 4.25. The normalized spacial score (nSPS) is 12.1. The Balaban J connectivity index is 2.08. The first-order chi connectivity index (χ1) is 19.4. The number of hydrogen-bond donors (Lipinski definition) is 1. The molecule has 3 rings (SSSR count). The zero-order chi connectivity index (χ0) is 30.3. The Labute approximate surface area is 252 Å². The van der Waals surface area contributed by atoms with Gasteiger partial charge >= 0.3 is 0 Å². The van der Waals surface area contributed by atoms with Crippen molar-refractivity contribution in [3.05, 3.63) is 87.9 Å². The van der Waals surface area contributed by atoms with Crippen LogP contribution in [0.4, 0.5) is 5.69 Å². The van der Waals surface area contributed by atoms with Crippen molar-refractivity contribution in [3.63, 3.8) is 0 Å². The van der Waals surface area contributed by atoms with Gasteiger partial charge in [-0.15, -0.1) is 0 Å². The molecule has 0 spiro atoms. The molecule has 8 nitrogen and oxygen atoms in total. The van der Waals surface area contributed by atoms with E-state index in [1.165, 1.54) is 24.1 Å². The fourth-order valence-corrected chi connectivity index (χ4v) is 6.13. The Hall–Kier alpha value is -3.27. The average molecular weight is 621 g/mol. The van der Waals surface area contributed by atoms with E-state index in [9.17, 15) is 18.0 Å². The topological polar surface area (TPSA) is 96.0 Å². The SMILES string of the molecule is CCC(C(=O)NC(C)C)N(Cc1ccc(Cl)cc1Cl)C(=O)CN(c1ccc(C)cc1)S(=O)(=O)c1ccc(OC)cc1. The Morgan fingerprint density at radius 3 is 2.15 bits per heavy atom. The lowest BCUT2D eigenvalue weighted by Crippen LogP contribution is -2.53. The van der Waals surface area contributed by atoms with Crippen molar-refractivity contribution in [2.24, 2.45) is 0 Å². The average Bonchev–Trinajstić information content (AvgIpc) is 2.92. The van der Waals surface area contributed by atoms with Gasteiger partial charge in [-0.05, 0) is 81.3 Å². The maximum Gasteiger partial charge on any atom is 0.264 e. The van der Waals surface area contributed by atoms with Crippen molar-refractivity contribution in [2.75, 3.05) is 18.0 Å². The van der Waals surface area contributed by atoms with Crippen LogP contribution >= 0.6 is 23.2 Å². The number of aryl methyl sites for hydroxylation is 1. The van der Waals surface area contributed by atoms with E-state index in [4.69, 9.17) is 27.9 Å². The van der Waals surface area contributed by atoms with Gasteiger partial charge in [0.2, 0.25) is 11.8 Å². The summed E-state index contributed by atoms with van der Waals surface area (Å²) in [7, 11) is -2.70. The molecule has 1 atom stereocenters. The van der Waals surface area contributed by atoms with Gasteiger partial charge in [0.1, 0.15) is 18.3 Å². The first-order valence-electron chi connectivity index (χ1n) is 13.1. The van der Waals surface area contributed by atoms with Gasteiger partial charge < -0.3 is 15.0 Å². The molecule has 0 heterocycles. The number of methoxy groups -OCH3 is 1. The number of amides is 2. The molecule has 1 unspecified atom stereocenters. The molecule has 0 aliphatic carbocycles. The predicted octanol–water partition coefficient (Wildman–Crippen LogP) is 5.84. The molecule has 0 aromatic heterocycles. The summed E-state index contributed by atoms with van der Waals surface area (Å²) in [6.45, 7) is 6.76. The van der Waals surface area contributed by atoms with Gasteiger partial charge in [0, 0.05) is 22.6 Å². The maximum atomic E-state index is 14.1. The first kappa shape index (κ1) is 32.2. The summed E-state index contributed by atoms with van der Waals surface area (Å²) in [4.78, 5) is 28.7. The predicted molar refractivity (Wildman–Crippen MR) is 163 cm³/mol. The van der Waals surface area contributed by atoms with Gasteiger partial charge in [-0.1, -0.05) is 53.9 Å². The number of benzene rings is 3. The lowest BCUT2D eigenvalue weighted by molar-refractivity contribution is -0.140. The Bertz CT molecular complexity index is 1460. The number of nitrogens with zero attached hydrogens (tertiary/aromatic N) is 2. The van der Waals surface area contributed by atoms with Crippen molar-refractivity contribution in [2.45, 2.75) is 57.6 Å². The number of carbonyl (C=O) groups is 2. The van der Waals surface area contributed by atoms with Gasteiger partial charge in [0.05, 0.1) is 17.7 Å². The number of sulfonamides is 1. The lowest BCUT2D eigenvalue weighted by Gasteiger charge is -2.33. The van der Waals surface area contributed by atoms with Crippen LogP contribution in [0.25, 0.3) is 0 Å². The van der Waals surface area contributed by atoms with E-state index in [-0.39, 0.29) is 23.4 Å². The van der Waals surface area contributed by atoms with Crippen molar-refractivity contribution in [1.29, 1.82) is 0 Å². The van der Waals surface area contributed by atoms with E-state index in [0.717, 1.165) is 9.87 Å². The van der Waals surface area contributed by atoms with Crippen molar-refractivity contribution >= 4 is 50.7 Å². The van der Waals surface area contributed by atoms with E-state index in [2.05, 4.69) is 5.32 Å². The maximum absolute atomic E-state index is 14.1. The number of nitrogens with one attached hydrogen (secondary N) is 1. The van der Waals surface area contributed by atoms with Crippen LogP contribution in [0.1, 0.15) is 38.3 Å². The van der Waals surface area contributed by atoms with Crippen molar-refractivity contribution in [1.82, 2.24) is 10.2 Å². The zero-order valence-electron chi connectivity index (χ0n) is 23.7. The van der Waals surface area contributed by atoms with E-state index in [1.54, 1.807) is 61.5 Å². The highest BCUT2D eigenvalue weighted by Crippen LogP contribution is 2.28. The van der Waals surface area contributed by atoms with Crippen LogP contribution in [0, 0.1) is 6.92 Å². The number of anilines is 1. The molecule has 0 saturated heterocycles. The number of halogens is 2. The molecule has 0 bridgehead atoms. The summed E-state index contributed by atoms with van der Waals surface area (Å²) in [5.74, 6) is -0.421. The smallest absolute Gasteiger partial charge is 0.264 e. The van der Waals surface area contributed by atoms with Crippen molar-refractivity contribution < 1.29 is 22.7 Å². The second-order valence-corrected chi connectivity index (χ2v) is 12.6. The summed E-state index contributed by atoms with van der Waals surface area (Å²) in [5.41, 5.74) is 1.81. The number of ether oxygens (including phenoxy) is 1. The molecule has 1 N–H and O–H groups in total. The lowest BCUT2D eigenvalue weighted by atomic mass is 10.1. The van der Waals surface area contributed by atoms with Gasteiger partial charge in [-0.3, -0.25) is 13.9 Å². The van der Waals surface area contributed by atoms with E-state index >= 15 is 0 Å². The van der Waals surface area contributed by atoms with Crippen LogP contribution in [0.15, 0.2) is 71.6 Å². The fraction of sp³-hybridized carbons (Fsp3) is 0.333. The quantitative estimate of drug-likeness (QED) is 0.275. The Kier molecular flexibility index (Phi) is 11.1. The standard InChI is InChI=1S/C30H35Cl2N3O5S/c1-6-28(30(37)33-20(2)3)34(18-22-9-10-23(31)17-27(22)32)29(36)19-35(24-11-7-21(4)8-12-24)41(38,39)26-15-13-25(40-5)14-16-26/h7-17,20,28H,6,18-19H2,1-5H3,(H,33,37). The monoisotopic (exact) mass is 619 g/mol. The van der Waals surface area contributed by atoms with Crippen LogP contribution in [0.5, 0.6) is 5.75 Å². The third-order valence-electron chi connectivity index (χ3n) is 6.42. The van der Waals surface area contributed by atoms with Gasteiger partial charge in [-0.25, -0.2) is 8.42 Å². The number of carbonyl (C=O) groups excluding carboxylic acids is 2. The Morgan fingerprint density at radius 2 is 1.61 bits per heavy atom. The molecule has 0 radical (unpaired) electrons. The molecule has 2 amide bonds. The second kappa shape index (κ2) is 14.1. The molecule has 0 saturated carbocycles. The molecule has 41 heavy (non-hydrogen) atoms. The second-order valence-electron chi connectivity index (χ2n) is 9.87. The molecule has 0 fully saturated rings. The van der Waals surface area contributed by atoms with Crippen molar-refractivity contribution in [3.8, 4) is 5.75 Å².